The summed E-state index contributed by atoms with van der Waals surface area (Å²) >= 11 is 0. The molecular formula is C22H25N5O2S. The number of aromatic nitrogens is 2. The second-order valence-corrected chi connectivity index (χ2v) is 9.92. The third kappa shape index (κ3) is 4.67. The van der Waals surface area contributed by atoms with E-state index >= 15 is 0 Å². The molecule has 0 saturated carbocycles. The third-order valence-electron chi connectivity index (χ3n) is 4.51. The lowest BCUT2D eigenvalue weighted by atomic mass is 10.1. The van der Waals surface area contributed by atoms with E-state index in [0.717, 1.165) is 16.0 Å². The van der Waals surface area contributed by atoms with Crippen LogP contribution in [-0.2, 0) is 4.79 Å². The number of carbonyl (C=O) groups excluding carboxylic acids is 2. The van der Waals surface area contributed by atoms with Crippen molar-refractivity contribution < 1.29 is 9.59 Å². The Balaban J connectivity index is 2.06. The average molecular weight is 424 g/mol. The van der Waals surface area contributed by atoms with Gasteiger partial charge in [0, 0.05) is 29.2 Å². The van der Waals surface area contributed by atoms with Crippen molar-refractivity contribution in [3.63, 3.8) is 0 Å². The summed E-state index contributed by atoms with van der Waals surface area (Å²) in [5, 5.41) is 3.46. The predicted molar refractivity (Wildman–Crippen MR) is 120 cm³/mol. The molecule has 0 fully saturated rings. The lowest BCUT2D eigenvalue weighted by molar-refractivity contribution is -0.117. The van der Waals surface area contributed by atoms with E-state index in [2.05, 4.69) is 20.0 Å². The number of carbonyl (C=O) groups is 2. The van der Waals surface area contributed by atoms with E-state index < -0.39 is 10.2 Å². The predicted octanol–water partition coefficient (Wildman–Crippen LogP) is 3.19. The van der Waals surface area contributed by atoms with Gasteiger partial charge in [-0.1, -0.05) is 16.3 Å². The summed E-state index contributed by atoms with van der Waals surface area (Å²) < 4.78 is 3.00. The van der Waals surface area contributed by atoms with Crippen LogP contribution in [0.4, 0.5) is 5.69 Å². The largest absolute Gasteiger partial charge is 0.322 e. The van der Waals surface area contributed by atoms with Crippen LogP contribution >= 0.6 is 10.2 Å². The number of amides is 2. The summed E-state index contributed by atoms with van der Waals surface area (Å²) in [6.07, 6.45) is 6.79. The maximum atomic E-state index is 13.2. The Morgan fingerprint density at radius 2 is 1.70 bits per heavy atom. The van der Waals surface area contributed by atoms with Crippen LogP contribution < -0.4 is 15.8 Å². The van der Waals surface area contributed by atoms with E-state index in [1.807, 2.05) is 50.4 Å². The first-order valence-corrected chi connectivity index (χ1v) is 11.4. The van der Waals surface area contributed by atoms with Gasteiger partial charge in [-0.2, -0.15) is 0 Å². The number of aryl methyl sites for hydroxylation is 2. The fourth-order valence-corrected chi connectivity index (χ4v) is 5.75. The minimum absolute atomic E-state index is 0.162. The molecule has 2 heterocycles. The molecule has 4 N–H and O–H groups in total. The van der Waals surface area contributed by atoms with E-state index in [9.17, 15) is 9.59 Å². The van der Waals surface area contributed by atoms with Crippen LogP contribution in [0.1, 0.15) is 21.5 Å². The van der Waals surface area contributed by atoms with Gasteiger partial charge in [0.25, 0.3) is 5.91 Å². The van der Waals surface area contributed by atoms with Crippen LogP contribution in [0.5, 0.6) is 0 Å². The molecule has 0 radical (unpaired) electrons. The van der Waals surface area contributed by atoms with Crippen molar-refractivity contribution in [1.29, 1.82) is 0 Å². The van der Waals surface area contributed by atoms with Crippen molar-refractivity contribution in [3.05, 3.63) is 77.7 Å². The van der Waals surface area contributed by atoms with Crippen LogP contribution in [-0.4, -0.2) is 34.6 Å². The standard InChI is InChI=1S/C22H25N5O2S/c1-15-11-16(2)13-17(12-15)26-21(29)19-5-4-8-25-22(19)30(3,27-20(28)14-23)18-6-9-24-10-7-18/h4-13H,14,23H2,1-3H3,(H,26,29)(H,27,28). The monoisotopic (exact) mass is 423 g/mol. The van der Waals surface area contributed by atoms with Crippen molar-refractivity contribution in [3.8, 4) is 0 Å². The molecule has 156 valence electrons. The number of rotatable bonds is 6. The molecule has 1 atom stereocenters. The Hall–Kier alpha value is -3.23. The van der Waals surface area contributed by atoms with Gasteiger partial charge in [-0.3, -0.25) is 14.6 Å². The summed E-state index contributed by atoms with van der Waals surface area (Å²) in [6, 6.07) is 12.9. The molecule has 1 aromatic carbocycles. The lowest BCUT2D eigenvalue weighted by Gasteiger charge is -2.37. The smallest absolute Gasteiger partial charge is 0.258 e. The number of anilines is 1. The van der Waals surface area contributed by atoms with E-state index in [1.54, 1.807) is 30.7 Å². The number of pyridine rings is 2. The molecular weight excluding hydrogens is 398 g/mol. The highest BCUT2D eigenvalue weighted by atomic mass is 32.3. The Kier molecular flexibility index (Phi) is 6.49. The first-order valence-electron chi connectivity index (χ1n) is 9.37. The zero-order valence-corrected chi connectivity index (χ0v) is 18.0. The van der Waals surface area contributed by atoms with Gasteiger partial charge in [0.15, 0.2) is 0 Å². The summed E-state index contributed by atoms with van der Waals surface area (Å²) in [6.45, 7) is 3.79. The fourth-order valence-electron chi connectivity index (χ4n) is 3.23. The summed E-state index contributed by atoms with van der Waals surface area (Å²) in [4.78, 5) is 34.9. The highest BCUT2D eigenvalue weighted by Gasteiger charge is 2.31. The molecule has 2 aromatic heterocycles. The van der Waals surface area contributed by atoms with Crippen LogP contribution in [0.25, 0.3) is 0 Å². The molecule has 0 spiro atoms. The fraction of sp³-hybridized carbons (Fsp3) is 0.182. The minimum atomic E-state index is -2.18. The van der Waals surface area contributed by atoms with Crippen molar-refractivity contribution in [2.45, 2.75) is 23.8 Å². The molecule has 0 aliphatic rings. The topological polar surface area (TPSA) is 110 Å². The number of nitrogens with two attached hydrogens (primary N) is 1. The zero-order chi connectivity index (χ0) is 21.7. The number of benzene rings is 1. The second-order valence-electron chi connectivity index (χ2n) is 7.02. The Labute approximate surface area is 177 Å². The molecule has 0 aliphatic heterocycles. The normalized spacial score (nSPS) is 13.7. The van der Waals surface area contributed by atoms with Crippen molar-refractivity contribution in [1.82, 2.24) is 14.7 Å². The van der Waals surface area contributed by atoms with Crippen molar-refractivity contribution >= 4 is 27.7 Å². The lowest BCUT2D eigenvalue weighted by Crippen LogP contribution is -2.34. The van der Waals surface area contributed by atoms with Crippen LogP contribution in [0.3, 0.4) is 0 Å². The SMILES string of the molecule is Cc1cc(C)cc(NC(=O)c2cccnc2S(C)(NC(=O)CN)c2ccncc2)c1. The maximum Gasteiger partial charge on any atom is 0.258 e. The number of nitrogens with zero attached hydrogens (tertiary/aromatic N) is 2. The molecule has 0 bridgehead atoms. The van der Waals surface area contributed by atoms with Crippen molar-refractivity contribution in [2.75, 3.05) is 18.1 Å². The van der Waals surface area contributed by atoms with E-state index in [0.29, 0.717) is 16.3 Å². The molecule has 0 saturated heterocycles. The molecule has 0 aliphatic carbocycles. The summed E-state index contributed by atoms with van der Waals surface area (Å²) in [5.41, 5.74) is 8.76. The highest BCUT2D eigenvalue weighted by molar-refractivity contribution is 8.32. The van der Waals surface area contributed by atoms with E-state index in [4.69, 9.17) is 5.73 Å². The molecule has 3 aromatic rings. The van der Waals surface area contributed by atoms with Crippen LogP contribution in [0.2, 0.25) is 0 Å². The zero-order valence-electron chi connectivity index (χ0n) is 17.2. The van der Waals surface area contributed by atoms with Gasteiger partial charge in [0.05, 0.1) is 12.1 Å². The third-order valence-corrected chi connectivity index (χ3v) is 7.46. The molecule has 8 heteroatoms. The van der Waals surface area contributed by atoms with Gasteiger partial charge in [0.2, 0.25) is 5.91 Å². The summed E-state index contributed by atoms with van der Waals surface area (Å²) in [5.74, 6) is -0.617. The maximum absolute atomic E-state index is 13.2. The second kappa shape index (κ2) is 9.06. The average Bonchev–Trinajstić information content (AvgIpc) is 2.73. The van der Waals surface area contributed by atoms with Gasteiger partial charge in [-0.05, 0) is 67.6 Å². The highest BCUT2D eigenvalue weighted by Crippen LogP contribution is 2.56. The van der Waals surface area contributed by atoms with Crippen molar-refractivity contribution in [2.24, 2.45) is 5.73 Å². The number of nitrogens with one attached hydrogen (secondary N) is 2. The van der Waals surface area contributed by atoms with Gasteiger partial charge in [0.1, 0.15) is 5.03 Å². The van der Waals surface area contributed by atoms with Crippen LogP contribution in [0.15, 0.2) is 71.0 Å². The molecule has 7 nitrogen and oxygen atoms in total. The Morgan fingerprint density at radius 3 is 2.33 bits per heavy atom. The molecule has 30 heavy (non-hydrogen) atoms. The quantitative estimate of drug-likeness (QED) is 0.564. The first kappa shape index (κ1) is 21.5. The summed E-state index contributed by atoms with van der Waals surface area (Å²) in [7, 11) is -2.18. The molecule has 2 amide bonds. The Bertz CT molecular complexity index is 1050. The number of hydrogen-bond acceptors (Lipinski definition) is 5. The van der Waals surface area contributed by atoms with E-state index in [1.165, 1.54) is 0 Å². The van der Waals surface area contributed by atoms with Gasteiger partial charge in [-0.25, -0.2) is 4.98 Å². The Morgan fingerprint density at radius 1 is 1.03 bits per heavy atom. The number of hydrogen-bond donors (Lipinski definition) is 3. The van der Waals surface area contributed by atoms with Crippen LogP contribution in [0, 0.1) is 13.8 Å². The molecule has 1 unspecified atom stereocenters. The van der Waals surface area contributed by atoms with Gasteiger partial charge < -0.3 is 15.8 Å². The van der Waals surface area contributed by atoms with E-state index in [-0.39, 0.29) is 18.4 Å². The first-order chi connectivity index (χ1) is 14.3. The van der Waals surface area contributed by atoms with Gasteiger partial charge >= 0.3 is 0 Å². The molecule has 3 rings (SSSR count). The van der Waals surface area contributed by atoms with Gasteiger partial charge in [-0.15, -0.1) is 0 Å². The minimum Gasteiger partial charge on any atom is -0.322 e.